The number of methoxy groups -OCH3 is 1. The van der Waals surface area contributed by atoms with Crippen LogP contribution in [-0.2, 0) is 4.74 Å². The summed E-state index contributed by atoms with van der Waals surface area (Å²) in [4.78, 5) is 20.4. The van der Waals surface area contributed by atoms with Gasteiger partial charge in [0.05, 0.1) is 7.11 Å². The van der Waals surface area contributed by atoms with Gasteiger partial charge in [0.1, 0.15) is 10.4 Å². The fourth-order valence-electron chi connectivity index (χ4n) is 2.48. The molecule has 1 aromatic carbocycles. The highest BCUT2D eigenvalue weighted by molar-refractivity contribution is 9.10. The molecule has 23 heavy (non-hydrogen) atoms. The van der Waals surface area contributed by atoms with Crippen molar-refractivity contribution in [3.05, 3.63) is 58.3 Å². The van der Waals surface area contributed by atoms with Crippen molar-refractivity contribution in [2.45, 2.75) is 6.92 Å². The Morgan fingerprint density at radius 1 is 1.22 bits per heavy atom. The number of ether oxygens (including phenoxy) is 1. The minimum Gasteiger partial charge on any atom is -0.464 e. The number of rotatable bonds is 2. The van der Waals surface area contributed by atoms with Gasteiger partial charge in [0.2, 0.25) is 0 Å². The lowest BCUT2D eigenvalue weighted by Gasteiger charge is -2.12. The molecule has 2 aromatic heterocycles. The molecule has 0 radical (unpaired) electrons. The summed E-state index contributed by atoms with van der Waals surface area (Å²) < 4.78 is 18.4. The first-order valence-corrected chi connectivity index (χ1v) is 7.60. The summed E-state index contributed by atoms with van der Waals surface area (Å²) >= 11 is 3.42. The number of carbonyl (C=O) groups excluding carboxylic acids is 1. The van der Waals surface area contributed by atoms with E-state index in [9.17, 15) is 9.18 Å². The topological polar surface area (TPSA) is 52.1 Å². The minimum atomic E-state index is -0.503. The lowest BCUT2D eigenvalue weighted by molar-refractivity contribution is 0.0593. The van der Waals surface area contributed by atoms with Crippen molar-refractivity contribution in [2.75, 3.05) is 7.11 Å². The average Bonchev–Trinajstić information content (AvgIpc) is 2.57. The third kappa shape index (κ3) is 2.70. The summed E-state index contributed by atoms with van der Waals surface area (Å²) in [5, 5.41) is 1.60. The van der Waals surface area contributed by atoms with E-state index in [1.54, 1.807) is 31.5 Å². The largest absolute Gasteiger partial charge is 0.464 e. The van der Waals surface area contributed by atoms with E-state index >= 15 is 0 Å². The van der Waals surface area contributed by atoms with Crippen molar-refractivity contribution in [1.82, 2.24) is 9.97 Å². The van der Waals surface area contributed by atoms with E-state index in [4.69, 9.17) is 4.74 Å². The van der Waals surface area contributed by atoms with Crippen LogP contribution in [-0.4, -0.2) is 23.0 Å². The van der Waals surface area contributed by atoms with E-state index in [-0.39, 0.29) is 11.5 Å². The minimum absolute atomic E-state index is 0.241. The Labute approximate surface area is 140 Å². The maximum atomic E-state index is 13.2. The van der Waals surface area contributed by atoms with Gasteiger partial charge in [0.25, 0.3) is 0 Å². The fourth-order valence-corrected chi connectivity index (χ4v) is 3.08. The molecule has 0 fully saturated rings. The van der Waals surface area contributed by atoms with E-state index in [1.807, 2.05) is 0 Å². The second kappa shape index (κ2) is 6.04. The summed E-state index contributed by atoms with van der Waals surface area (Å²) in [5.41, 5.74) is 2.55. The van der Waals surface area contributed by atoms with Crippen LogP contribution in [0.5, 0.6) is 0 Å². The molecular formula is C17H12BrFN2O2. The van der Waals surface area contributed by atoms with Crippen molar-refractivity contribution in [1.29, 1.82) is 0 Å². The van der Waals surface area contributed by atoms with E-state index in [1.165, 1.54) is 19.2 Å². The predicted octanol–water partition coefficient (Wildman–Crippen LogP) is 4.29. The van der Waals surface area contributed by atoms with Gasteiger partial charge in [-0.3, -0.25) is 4.98 Å². The maximum Gasteiger partial charge on any atom is 0.356 e. The van der Waals surface area contributed by atoms with Crippen LogP contribution >= 0.6 is 15.9 Å². The lowest BCUT2D eigenvalue weighted by Crippen LogP contribution is -2.08. The van der Waals surface area contributed by atoms with Crippen LogP contribution in [0, 0.1) is 12.7 Å². The second-order valence-corrected chi connectivity index (χ2v) is 5.74. The Kier molecular flexibility index (Phi) is 4.09. The van der Waals surface area contributed by atoms with Gasteiger partial charge in [0.15, 0.2) is 5.69 Å². The van der Waals surface area contributed by atoms with Crippen molar-refractivity contribution < 1.29 is 13.9 Å². The first kappa shape index (κ1) is 15.6. The molecule has 0 atom stereocenters. The molecule has 0 N–H and O–H groups in total. The smallest absolute Gasteiger partial charge is 0.356 e. The molecule has 0 spiro atoms. The number of hydrogen-bond acceptors (Lipinski definition) is 4. The zero-order chi connectivity index (χ0) is 16.6. The summed E-state index contributed by atoms with van der Waals surface area (Å²) in [6.45, 7) is 1.80. The number of nitrogens with zero attached hydrogens (tertiary/aromatic N) is 2. The number of esters is 1. The van der Waals surface area contributed by atoms with Crippen LogP contribution in [0.4, 0.5) is 4.39 Å². The Hall–Kier alpha value is -2.34. The molecule has 2 heterocycles. The van der Waals surface area contributed by atoms with E-state index in [0.29, 0.717) is 10.2 Å². The van der Waals surface area contributed by atoms with Crippen molar-refractivity contribution in [3.63, 3.8) is 0 Å². The first-order chi connectivity index (χ1) is 11.0. The van der Waals surface area contributed by atoms with Crippen molar-refractivity contribution in [2.24, 2.45) is 0 Å². The SMILES string of the molecule is COC(=O)c1nc(Br)c2c(-c3ccc(F)cc3)cncc2c1C. The molecule has 0 saturated carbocycles. The predicted molar refractivity (Wildman–Crippen MR) is 88.7 cm³/mol. The molecule has 116 valence electrons. The van der Waals surface area contributed by atoms with Gasteiger partial charge in [-0.1, -0.05) is 12.1 Å². The third-order valence-electron chi connectivity index (χ3n) is 3.66. The maximum absolute atomic E-state index is 13.2. The summed E-state index contributed by atoms with van der Waals surface area (Å²) in [6.07, 6.45) is 3.37. The van der Waals surface area contributed by atoms with Gasteiger partial charge < -0.3 is 4.74 Å². The van der Waals surface area contributed by atoms with Crippen LogP contribution in [0.1, 0.15) is 16.1 Å². The van der Waals surface area contributed by atoms with Crippen LogP contribution in [0.2, 0.25) is 0 Å². The monoisotopic (exact) mass is 374 g/mol. The fraction of sp³-hybridized carbons (Fsp3) is 0.118. The normalized spacial score (nSPS) is 10.8. The van der Waals surface area contributed by atoms with Gasteiger partial charge in [-0.15, -0.1) is 0 Å². The number of pyridine rings is 2. The number of halogens is 2. The Bertz CT molecular complexity index is 911. The van der Waals surface area contributed by atoms with E-state index in [2.05, 4.69) is 25.9 Å². The second-order valence-electron chi connectivity index (χ2n) is 4.98. The van der Waals surface area contributed by atoms with Crippen LogP contribution in [0.3, 0.4) is 0 Å². The van der Waals surface area contributed by atoms with Gasteiger partial charge >= 0.3 is 5.97 Å². The van der Waals surface area contributed by atoms with Gasteiger partial charge in [-0.2, -0.15) is 0 Å². The van der Waals surface area contributed by atoms with Crippen LogP contribution < -0.4 is 0 Å². The summed E-state index contributed by atoms with van der Waals surface area (Å²) in [6, 6.07) is 6.15. The van der Waals surface area contributed by atoms with Crippen LogP contribution in [0.15, 0.2) is 41.3 Å². The molecule has 6 heteroatoms. The summed E-state index contributed by atoms with van der Waals surface area (Å²) in [7, 11) is 1.31. The Balaban J connectivity index is 2.32. The standard InChI is InChI=1S/C17H12BrFN2O2/c1-9-12-7-20-8-13(10-3-5-11(19)6-4-10)14(12)16(18)21-15(9)17(22)23-2/h3-8H,1-2H3. The molecule has 0 aliphatic heterocycles. The number of hydrogen-bond donors (Lipinski definition) is 0. The van der Waals surface area contributed by atoms with Crippen molar-refractivity contribution >= 4 is 32.7 Å². The van der Waals surface area contributed by atoms with Gasteiger partial charge in [-0.25, -0.2) is 14.2 Å². The van der Waals surface area contributed by atoms with Gasteiger partial charge in [0, 0.05) is 28.7 Å². The molecule has 0 aliphatic rings. The average molecular weight is 375 g/mol. The van der Waals surface area contributed by atoms with E-state index in [0.717, 1.165) is 21.9 Å². The number of carbonyl (C=O) groups is 1. The molecule has 0 unspecified atom stereocenters. The number of benzene rings is 1. The molecule has 0 amide bonds. The molecule has 4 nitrogen and oxygen atoms in total. The molecule has 3 aromatic rings. The number of aryl methyl sites for hydroxylation is 1. The van der Waals surface area contributed by atoms with Crippen molar-refractivity contribution in [3.8, 4) is 11.1 Å². The molecule has 0 bridgehead atoms. The van der Waals surface area contributed by atoms with Gasteiger partial charge in [-0.05, 0) is 46.1 Å². The first-order valence-electron chi connectivity index (χ1n) is 6.81. The molecule has 3 rings (SSSR count). The molecular weight excluding hydrogens is 363 g/mol. The van der Waals surface area contributed by atoms with Crippen LogP contribution in [0.25, 0.3) is 21.9 Å². The van der Waals surface area contributed by atoms with E-state index < -0.39 is 5.97 Å². The summed E-state index contributed by atoms with van der Waals surface area (Å²) in [5.74, 6) is -0.805. The zero-order valence-corrected chi connectivity index (χ0v) is 14.0. The third-order valence-corrected chi connectivity index (χ3v) is 4.23. The number of fused-ring (bicyclic) bond motifs is 1. The highest BCUT2D eigenvalue weighted by Gasteiger charge is 2.19. The Morgan fingerprint density at radius 3 is 2.57 bits per heavy atom. The number of aromatic nitrogens is 2. The lowest BCUT2D eigenvalue weighted by atomic mass is 9.99. The zero-order valence-electron chi connectivity index (χ0n) is 12.4. The molecule has 0 aliphatic carbocycles. The highest BCUT2D eigenvalue weighted by atomic mass is 79.9. The molecule has 0 saturated heterocycles. The quantitative estimate of drug-likeness (QED) is 0.495. The highest BCUT2D eigenvalue weighted by Crippen LogP contribution is 2.34. The Morgan fingerprint density at radius 2 is 1.91 bits per heavy atom.